The van der Waals surface area contributed by atoms with Gasteiger partial charge < -0.3 is 4.74 Å². The van der Waals surface area contributed by atoms with E-state index >= 15 is 0 Å². The first-order valence-corrected chi connectivity index (χ1v) is 10.0. The lowest BCUT2D eigenvalue weighted by Gasteiger charge is -2.04. The van der Waals surface area contributed by atoms with Gasteiger partial charge in [0.1, 0.15) is 11.9 Å². The molecule has 144 valence electrons. The molecule has 1 aliphatic heterocycles. The van der Waals surface area contributed by atoms with Crippen LogP contribution in [-0.4, -0.2) is 17.5 Å². The zero-order valence-corrected chi connectivity index (χ0v) is 16.6. The molecule has 2 heterocycles. The van der Waals surface area contributed by atoms with Gasteiger partial charge in [0, 0.05) is 17.5 Å². The molecule has 0 aliphatic carbocycles. The lowest BCUT2D eigenvalue weighted by atomic mass is 10.1. The molecule has 28 heavy (non-hydrogen) atoms. The summed E-state index contributed by atoms with van der Waals surface area (Å²) in [6.07, 6.45) is 6.77. The molecule has 4 rings (SSSR count). The summed E-state index contributed by atoms with van der Waals surface area (Å²) in [6, 6.07) is 16.0. The standard InChI is InChI=1S/C24H27N2O2/c1-18-7-9-19(10-8-18)22-16-25(24-6-4-3-5-15-26(22)24)17-23(27)20-11-13-21(28-2)14-12-20/h7-14,16H,3-6,15,17H2,1-2H3/q+1. The Kier molecular flexibility index (Phi) is 5.29. The number of nitrogens with zero attached hydrogens (tertiary/aromatic N) is 2. The summed E-state index contributed by atoms with van der Waals surface area (Å²) in [5, 5.41) is 0. The number of aromatic nitrogens is 2. The first-order valence-electron chi connectivity index (χ1n) is 10.0. The highest BCUT2D eigenvalue weighted by Gasteiger charge is 2.27. The van der Waals surface area contributed by atoms with Crippen molar-refractivity contribution < 1.29 is 14.1 Å². The molecule has 0 radical (unpaired) electrons. The Hall–Kier alpha value is -2.88. The lowest BCUT2D eigenvalue weighted by Crippen LogP contribution is -2.40. The fourth-order valence-electron chi connectivity index (χ4n) is 3.96. The molecular formula is C24H27N2O2+. The number of carbonyl (C=O) groups excluding carboxylic acids is 1. The topological polar surface area (TPSA) is 35.1 Å². The normalized spacial score (nSPS) is 13.6. The van der Waals surface area contributed by atoms with Gasteiger partial charge in [-0.2, -0.15) is 0 Å². The molecule has 0 saturated heterocycles. The molecule has 1 aromatic heterocycles. The first kappa shape index (κ1) is 18.5. The van der Waals surface area contributed by atoms with Crippen LogP contribution in [0.4, 0.5) is 0 Å². The molecule has 0 spiro atoms. The van der Waals surface area contributed by atoms with Gasteiger partial charge in [-0.1, -0.05) is 29.8 Å². The SMILES string of the molecule is COc1ccc(C(=O)C[n+]2cc(-c3ccc(C)cc3)n3c2CCCCC3)cc1. The number of imidazole rings is 1. The van der Waals surface area contributed by atoms with Crippen LogP contribution >= 0.6 is 0 Å². The maximum atomic E-state index is 12.9. The molecule has 0 atom stereocenters. The van der Waals surface area contributed by atoms with Crippen molar-refractivity contribution in [2.24, 2.45) is 0 Å². The molecule has 0 bridgehead atoms. The van der Waals surface area contributed by atoms with Gasteiger partial charge in [-0.05, 0) is 50.5 Å². The van der Waals surface area contributed by atoms with Gasteiger partial charge in [0.25, 0.3) is 5.82 Å². The predicted octanol–water partition coefficient (Wildman–Crippen LogP) is 4.37. The summed E-state index contributed by atoms with van der Waals surface area (Å²) in [4.78, 5) is 12.9. The van der Waals surface area contributed by atoms with Crippen molar-refractivity contribution in [2.75, 3.05) is 7.11 Å². The molecule has 4 nitrogen and oxygen atoms in total. The summed E-state index contributed by atoms with van der Waals surface area (Å²) in [5.74, 6) is 2.15. The van der Waals surface area contributed by atoms with E-state index in [1.165, 1.54) is 41.9 Å². The Bertz CT molecular complexity index is 969. The van der Waals surface area contributed by atoms with E-state index in [0.29, 0.717) is 6.54 Å². The molecule has 2 aromatic carbocycles. The maximum absolute atomic E-state index is 12.9. The summed E-state index contributed by atoms with van der Waals surface area (Å²) in [6.45, 7) is 3.49. The number of Topliss-reactive ketones (excluding diaryl/α,β-unsaturated/α-hetero) is 1. The van der Waals surface area contributed by atoms with Gasteiger partial charge in [0.05, 0.1) is 13.7 Å². The minimum Gasteiger partial charge on any atom is -0.497 e. The largest absolute Gasteiger partial charge is 0.497 e. The van der Waals surface area contributed by atoms with Crippen molar-refractivity contribution in [2.45, 2.75) is 45.7 Å². The van der Waals surface area contributed by atoms with E-state index in [1.807, 2.05) is 24.3 Å². The van der Waals surface area contributed by atoms with Crippen LogP contribution in [0.5, 0.6) is 5.75 Å². The van der Waals surface area contributed by atoms with Gasteiger partial charge in [-0.25, -0.2) is 9.13 Å². The van der Waals surface area contributed by atoms with E-state index in [-0.39, 0.29) is 5.78 Å². The van der Waals surface area contributed by atoms with Crippen molar-refractivity contribution in [1.29, 1.82) is 0 Å². The third-order valence-corrected chi connectivity index (χ3v) is 5.57. The second kappa shape index (κ2) is 8.01. The van der Waals surface area contributed by atoms with Crippen LogP contribution in [0, 0.1) is 6.92 Å². The third kappa shape index (κ3) is 3.72. The number of fused-ring (bicyclic) bond motifs is 1. The van der Waals surface area contributed by atoms with Gasteiger partial charge in [0.15, 0.2) is 12.2 Å². The number of ether oxygens (including phenoxy) is 1. The molecule has 1 aliphatic rings. The average Bonchev–Trinajstić information content (AvgIpc) is 2.90. The predicted molar refractivity (Wildman–Crippen MR) is 110 cm³/mol. The van der Waals surface area contributed by atoms with E-state index in [0.717, 1.165) is 24.3 Å². The van der Waals surface area contributed by atoms with E-state index in [1.54, 1.807) is 7.11 Å². The zero-order valence-electron chi connectivity index (χ0n) is 16.6. The van der Waals surface area contributed by atoms with Crippen LogP contribution in [0.3, 0.4) is 0 Å². The number of carbonyl (C=O) groups is 1. The monoisotopic (exact) mass is 375 g/mol. The Labute approximate surface area is 166 Å². The van der Waals surface area contributed by atoms with E-state index < -0.39 is 0 Å². The molecule has 4 heteroatoms. The number of methoxy groups -OCH3 is 1. The number of aryl methyl sites for hydroxylation is 1. The summed E-state index contributed by atoms with van der Waals surface area (Å²) in [7, 11) is 1.63. The number of benzene rings is 2. The van der Waals surface area contributed by atoms with Crippen LogP contribution in [-0.2, 0) is 19.5 Å². The number of hydrogen-bond donors (Lipinski definition) is 0. The molecule has 0 fully saturated rings. The molecule has 0 amide bonds. The van der Waals surface area contributed by atoms with Crippen molar-refractivity contribution in [3.05, 3.63) is 71.7 Å². The molecule has 3 aromatic rings. The van der Waals surface area contributed by atoms with Crippen molar-refractivity contribution >= 4 is 5.78 Å². The zero-order chi connectivity index (χ0) is 19.5. The molecule has 0 unspecified atom stereocenters. The number of hydrogen-bond acceptors (Lipinski definition) is 2. The van der Waals surface area contributed by atoms with Gasteiger partial charge in [-0.15, -0.1) is 0 Å². The lowest BCUT2D eigenvalue weighted by molar-refractivity contribution is -0.690. The minimum atomic E-state index is 0.126. The molecule has 0 N–H and O–H groups in total. The van der Waals surface area contributed by atoms with Gasteiger partial charge in [-0.3, -0.25) is 4.79 Å². The maximum Gasteiger partial charge on any atom is 0.257 e. The van der Waals surface area contributed by atoms with E-state index in [9.17, 15) is 4.79 Å². The van der Waals surface area contributed by atoms with Crippen LogP contribution in [0.1, 0.15) is 41.0 Å². The minimum absolute atomic E-state index is 0.126. The second-order valence-corrected chi connectivity index (χ2v) is 7.54. The highest BCUT2D eigenvalue weighted by atomic mass is 16.5. The summed E-state index contributed by atoms with van der Waals surface area (Å²) >= 11 is 0. The van der Waals surface area contributed by atoms with Crippen molar-refractivity contribution in [3.8, 4) is 17.0 Å². The number of rotatable bonds is 5. The Morgan fingerprint density at radius 2 is 1.79 bits per heavy atom. The van der Waals surface area contributed by atoms with E-state index in [2.05, 4.69) is 46.5 Å². The van der Waals surface area contributed by atoms with Crippen LogP contribution in [0.15, 0.2) is 54.7 Å². The summed E-state index contributed by atoms with van der Waals surface area (Å²) in [5.41, 5.74) is 4.40. The van der Waals surface area contributed by atoms with E-state index in [4.69, 9.17) is 4.74 Å². The molecule has 0 saturated carbocycles. The Morgan fingerprint density at radius 3 is 2.50 bits per heavy atom. The highest BCUT2D eigenvalue weighted by molar-refractivity contribution is 5.95. The van der Waals surface area contributed by atoms with Crippen LogP contribution in [0.2, 0.25) is 0 Å². The van der Waals surface area contributed by atoms with Crippen LogP contribution in [0.25, 0.3) is 11.3 Å². The third-order valence-electron chi connectivity index (χ3n) is 5.57. The van der Waals surface area contributed by atoms with Crippen molar-refractivity contribution in [3.63, 3.8) is 0 Å². The van der Waals surface area contributed by atoms with Crippen LogP contribution < -0.4 is 9.30 Å². The Balaban J connectivity index is 1.68. The molecular weight excluding hydrogens is 348 g/mol. The highest BCUT2D eigenvalue weighted by Crippen LogP contribution is 2.24. The number of ketones is 1. The van der Waals surface area contributed by atoms with Gasteiger partial charge in [0.2, 0.25) is 5.78 Å². The quantitative estimate of drug-likeness (QED) is 0.490. The Morgan fingerprint density at radius 1 is 1.04 bits per heavy atom. The smallest absolute Gasteiger partial charge is 0.257 e. The fraction of sp³-hybridized carbons (Fsp3) is 0.333. The summed E-state index contributed by atoms with van der Waals surface area (Å²) < 4.78 is 9.77. The second-order valence-electron chi connectivity index (χ2n) is 7.54. The average molecular weight is 375 g/mol. The fourth-order valence-corrected chi connectivity index (χ4v) is 3.96. The van der Waals surface area contributed by atoms with Crippen molar-refractivity contribution in [1.82, 2.24) is 4.57 Å². The van der Waals surface area contributed by atoms with Gasteiger partial charge >= 0.3 is 0 Å². The first-order chi connectivity index (χ1) is 13.7.